The van der Waals surface area contributed by atoms with Gasteiger partial charge in [-0.1, -0.05) is 12.7 Å². The van der Waals surface area contributed by atoms with Crippen LogP contribution < -0.4 is 5.73 Å². The quantitative estimate of drug-likeness (QED) is 0.327. The molecular formula is C6H9NO2. The zero-order valence-corrected chi connectivity index (χ0v) is 5.26. The number of carbonyl (C=O) groups excluding carboxylic acids is 1. The van der Waals surface area contributed by atoms with Crippen LogP contribution in [0.25, 0.3) is 0 Å². The standard InChI is InChI=1S/C6H9NO2/c1-3-4-5(7)6(8)9-2/h3-4H,1,7H2,2H3/b5-4-. The van der Waals surface area contributed by atoms with E-state index < -0.39 is 5.97 Å². The van der Waals surface area contributed by atoms with Crippen molar-refractivity contribution in [3.8, 4) is 0 Å². The lowest BCUT2D eigenvalue weighted by molar-refractivity contribution is -0.136. The molecule has 0 aromatic rings. The summed E-state index contributed by atoms with van der Waals surface area (Å²) in [6.45, 7) is 3.35. The summed E-state index contributed by atoms with van der Waals surface area (Å²) in [7, 11) is 1.27. The second-order valence-electron chi connectivity index (χ2n) is 1.35. The number of hydrogen-bond acceptors (Lipinski definition) is 3. The molecule has 0 aliphatic carbocycles. The van der Waals surface area contributed by atoms with E-state index >= 15 is 0 Å². The van der Waals surface area contributed by atoms with Crippen LogP contribution in [0.1, 0.15) is 0 Å². The Balaban J connectivity index is 4.01. The van der Waals surface area contributed by atoms with E-state index in [1.54, 1.807) is 0 Å². The number of allylic oxidation sites excluding steroid dienone is 2. The van der Waals surface area contributed by atoms with Crippen LogP contribution >= 0.6 is 0 Å². The molecule has 3 nitrogen and oxygen atoms in total. The smallest absolute Gasteiger partial charge is 0.353 e. The molecule has 0 amide bonds. The minimum absolute atomic E-state index is 0.0625. The number of carbonyl (C=O) groups is 1. The van der Waals surface area contributed by atoms with Crippen LogP contribution in [0.3, 0.4) is 0 Å². The Morgan fingerprint density at radius 1 is 1.78 bits per heavy atom. The topological polar surface area (TPSA) is 52.3 Å². The second-order valence-corrected chi connectivity index (χ2v) is 1.35. The van der Waals surface area contributed by atoms with Gasteiger partial charge in [0.25, 0.3) is 0 Å². The molecule has 3 heteroatoms. The first-order valence-electron chi connectivity index (χ1n) is 2.39. The summed E-state index contributed by atoms with van der Waals surface area (Å²) < 4.78 is 4.28. The molecular weight excluding hydrogens is 118 g/mol. The van der Waals surface area contributed by atoms with E-state index in [0.29, 0.717) is 0 Å². The normalized spacial score (nSPS) is 10.6. The van der Waals surface area contributed by atoms with Gasteiger partial charge in [0.2, 0.25) is 0 Å². The van der Waals surface area contributed by atoms with Gasteiger partial charge in [0.1, 0.15) is 5.70 Å². The van der Waals surface area contributed by atoms with Crippen LogP contribution in [0.2, 0.25) is 0 Å². The number of hydrogen-bond donors (Lipinski definition) is 1. The van der Waals surface area contributed by atoms with Crippen molar-refractivity contribution < 1.29 is 9.53 Å². The van der Waals surface area contributed by atoms with Crippen molar-refractivity contribution in [2.45, 2.75) is 0 Å². The van der Waals surface area contributed by atoms with Crippen LogP contribution in [0.4, 0.5) is 0 Å². The third-order valence-electron chi connectivity index (χ3n) is 0.719. The van der Waals surface area contributed by atoms with E-state index in [9.17, 15) is 4.79 Å². The Morgan fingerprint density at radius 3 is 2.67 bits per heavy atom. The van der Waals surface area contributed by atoms with Crippen molar-refractivity contribution in [2.75, 3.05) is 7.11 Å². The summed E-state index contributed by atoms with van der Waals surface area (Å²) in [4.78, 5) is 10.4. The molecule has 0 aromatic carbocycles. The zero-order chi connectivity index (χ0) is 7.28. The number of ether oxygens (including phenoxy) is 1. The van der Waals surface area contributed by atoms with Crippen LogP contribution in [-0.2, 0) is 9.53 Å². The lowest BCUT2D eigenvalue weighted by Gasteiger charge is -1.94. The summed E-state index contributed by atoms with van der Waals surface area (Å²) in [6.07, 6.45) is 2.80. The summed E-state index contributed by atoms with van der Waals surface area (Å²) in [5, 5.41) is 0. The van der Waals surface area contributed by atoms with Crippen LogP contribution in [-0.4, -0.2) is 13.1 Å². The first kappa shape index (κ1) is 7.75. The van der Waals surface area contributed by atoms with E-state index in [1.165, 1.54) is 19.3 Å². The van der Waals surface area contributed by atoms with E-state index in [0.717, 1.165) is 0 Å². The SMILES string of the molecule is C=C/C=C(\N)C(=O)OC. The largest absolute Gasteiger partial charge is 0.464 e. The van der Waals surface area contributed by atoms with Gasteiger partial charge in [-0.15, -0.1) is 0 Å². The van der Waals surface area contributed by atoms with E-state index in [2.05, 4.69) is 11.3 Å². The second kappa shape index (κ2) is 3.72. The van der Waals surface area contributed by atoms with Gasteiger partial charge in [-0.3, -0.25) is 0 Å². The van der Waals surface area contributed by atoms with Crippen molar-refractivity contribution in [1.82, 2.24) is 0 Å². The highest BCUT2D eigenvalue weighted by Gasteiger charge is 1.99. The molecule has 0 atom stereocenters. The molecule has 0 unspecified atom stereocenters. The third kappa shape index (κ3) is 2.54. The fourth-order valence-electron chi connectivity index (χ4n) is 0.313. The summed E-state index contributed by atoms with van der Waals surface area (Å²) in [6, 6.07) is 0. The highest BCUT2D eigenvalue weighted by molar-refractivity contribution is 5.87. The number of rotatable bonds is 2. The molecule has 0 saturated carbocycles. The molecule has 0 aromatic heterocycles. The van der Waals surface area contributed by atoms with Crippen LogP contribution in [0.15, 0.2) is 24.4 Å². The Hall–Kier alpha value is -1.25. The predicted molar refractivity (Wildman–Crippen MR) is 34.5 cm³/mol. The Labute approximate surface area is 53.8 Å². The third-order valence-corrected chi connectivity index (χ3v) is 0.719. The van der Waals surface area contributed by atoms with E-state index in [-0.39, 0.29) is 5.70 Å². The molecule has 0 aliphatic heterocycles. The van der Waals surface area contributed by atoms with Gasteiger partial charge in [-0.2, -0.15) is 0 Å². The van der Waals surface area contributed by atoms with Gasteiger partial charge in [-0.25, -0.2) is 4.79 Å². The number of esters is 1. The maximum absolute atomic E-state index is 10.4. The highest BCUT2D eigenvalue weighted by Crippen LogP contribution is 1.86. The lowest BCUT2D eigenvalue weighted by atomic mass is 10.4. The molecule has 0 aliphatic rings. The molecule has 0 radical (unpaired) electrons. The lowest BCUT2D eigenvalue weighted by Crippen LogP contribution is -2.11. The zero-order valence-electron chi connectivity index (χ0n) is 5.26. The predicted octanol–water partition coefficient (Wildman–Crippen LogP) is 0.188. The fraction of sp³-hybridized carbons (Fsp3) is 0.167. The Bertz CT molecular complexity index is 149. The summed E-state index contributed by atoms with van der Waals surface area (Å²) >= 11 is 0. The molecule has 2 N–H and O–H groups in total. The highest BCUT2D eigenvalue weighted by atomic mass is 16.5. The maximum Gasteiger partial charge on any atom is 0.353 e. The average molecular weight is 127 g/mol. The maximum atomic E-state index is 10.4. The Kier molecular flexibility index (Phi) is 3.20. The van der Waals surface area contributed by atoms with Gasteiger partial charge in [0.05, 0.1) is 7.11 Å². The number of nitrogens with two attached hydrogens (primary N) is 1. The first-order chi connectivity index (χ1) is 4.22. The fourth-order valence-corrected chi connectivity index (χ4v) is 0.313. The molecule has 0 heterocycles. The Morgan fingerprint density at radius 2 is 2.33 bits per heavy atom. The van der Waals surface area contributed by atoms with Crippen molar-refractivity contribution in [2.24, 2.45) is 5.73 Å². The molecule has 0 fully saturated rings. The van der Waals surface area contributed by atoms with Gasteiger partial charge in [0.15, 0.2) is 0 Å². The van der Waals surface area contributed by atoms with Crippen molar-refractivity contribution in [3.63, 3.8) is 0 Å². The molecule has 0 bridgehead atoms. The van der Waals surface area contributed by atoms with E-state index in [4.69, 9.17) is 5.73 Å². The van der Waals surface area contributed by atoms with E-state index in [1.807, 2.05) is 0 Å². The van der Waals surface area contributed by atoms with Gasteiger partial charge in [-0.05, 0) is 6.08 Å². The summed E-state index contributed by atoms with van der Waals surface area (Å²) in [5.74, 6) is -0.532. The van der Waals surface area contributed by atoms with Gasteiger partial charge < -0.3 is 10.5 Å². The van der Waals surface area contributed by atoms with Gasteiger partial charge >= 0.3 is 5.97 Å². The minimum Gasteiger partial charge on any atom is -0.464 e. The molecule has 9 heavy (non-hydrogen) atoms. The first-order valence-corrected chi connectivity index (χ1v) is 2.39. The minimum atomic E-state index is -0.532. The molecule has 0 rings (SSSR count). The monoisotopic (exact) mass is 127 g/mol. The van der Waals surface area contributed by atoms with Crippen molar-refractivity contribution in [1.29, 1.82) is 0 Å². The molecule has 0 saturated heterocycles. The molecule has 50 valence electrons. The van der Waals surface area contributed by atoms with Crippen molar-refractivity contribution in [3.05, 3.63) is 24.4 Å². The summed E-state index contributed by atoms with van der Waals surface area (Å²) in [5.41, 5.74) is 5.22. The van der Waals surface area contributed by atoms with Gasteiger partial charge in [0, 0.05) is 0 Å². The average Bonchev–Trinajstić information content (AvgIpc) is 1.87. The van der Waals surface area contributed by atoms with Crippen LogP contribution in [0, 0.1) is 0 Å². The van der Waals surface area contributed by atoms with Crippen LogP contribution in [0.5, 0.6) is 0 Å². The van der Waals surface area contributed by atoms with Crippen molar-refractivity contribution >= 4 is 5.97 Å². The molecule has 0 spiro atoms. The number of methoxy groups -OCH3 is 1.